The number of nitrogens with zero attached hydrogens (tertiary/aromatic N) is 1. The Hall–Kier alpha value is -1.06. The molecule has 1 N–H and O–H groups in total. The van der Waals surface area contributed by atoms with Gasteiger partial charge in [0.05, 0.1) is 7.11 Å². The quantitative estimate of drug-likeness (QED) is 0.629. The molecule has 1 aromatic carbocycles. The highest BCUT2D eigenvalue weighted by Gasteiger charge is 2.01. The van der Waals surface area contributed by atoms with E-state index in [9.17, 15) is 0 Å². The fraction of sp³-hybridized carbons (Fsp3) is 0.647. The van der Waals surface area contributed by atoms with Crippen LogP contribution in [-0.2, 0) is 6.54 Å². The summed E-state index contributed by atoms with van der Waals surface area (Å²) >= 11 is 0. The molecule has 0 aliphatic carbocycles. The van der Waals surface area contributed by atoms with E-state index in [2.05, 4.69) is 36.3 Å². The highest BCUT2D eigenvalue weighted by atomic mass is 16.5. The van der Waals surface area contributed by atoms with E-state index in [1.807, 2.05) is 12.1 Å². The highest BCUT2D eigenvalue weighted by Crippen LogP contribution is 2.12. The van der Waals surface area contributed by atoms with Gasteiger partial charge in [-0.3, -0.25) is 0 Å². The molecule has 0 saturated heterocycles. The Kier molecular flexibility index (Phi) is 9.09. The molecule has 0 aromatic heterocycles. The summed E-state index contributed by atoms with van der Waals surface area (Å²) in [6.45, 7) is 6.60. The Morgan fingerprint density at radius 1 is 1.05 bits per heavy atom. The van der Waals surface area contributed by atoms with Crippen molar-refractivity contribution < 1.29 is 4.74 Å². The topological polar surface area (TPSA) is 24.5 Å². The first kappa shape index (κ1) is 17.0. The Morgan fingerprint density at radius 3 is 2.40 bits per heavy atom. The summed E-state index contributed by atoms with van der Waals surface area (Å²) in [5, 5.41) is 3.37. The van der Waals surface area contributed by atoms with Gasteiger partial charge >= 0.3 is 0 Å². The molecule has 0 bridgehead atoms. The van der Waals surface area contributed by atoms with Crippen molar-refractivity contribution in [2.24, 2.45) is 0 Å². The third kappa shape index (κ3) is 7.51. The normalized spacial score (nSPS) is 11.0. The molecule has 0 aliphatic rings. The molecule has 20 heavy (non-hydrogen) atoms. The summed E-state index contributed by atoms with van der Waals surface area (Å²) < 4.78 is 5.18. The molecule has 0 aliphatic heterocycles. The summed E-state index contributed by atoms with van der Waals surface area (Å²) in [4.78, 5) is 2.39. The van der Waals surface area contributed by atoms with Crippen molar-refractivity contribution in [3.05, 3.63) is 29.8 Å². The van der Waals surface area contributed by atoms with Gasteiger partial charge in [0.1, 0.15) is 5.75 Å². The van der Waals surface area contributed by atoms with E-state index in [1.165, 1.54) is 37.8 Å². The number of nitrogens with one attached hydrogen (secondary N) is 1. The van der Waals surface area contributed by atoms with Crippen molar-refractivity contribution in [3.8, 4) is 5.75 Å². The van der Waals surface area contributed by atoms with Crippen molar-refractivity contribution in [1.82, 2.24) is 10.2 Å². The van der Waals surface area contributed by atoms with Gasteiger partial charge in [0.25, 0.3) is 0 Å². The van der Waals surface area contributed by atoms with Crippen molar-refractivity contribution in [1.29, 1.82) is 0 Å². The number of unbranched alkanes of at least 4 members (excludes halogenated alkanes) is 3. The number of hydrogen-bond donors (Lipinski definition) is 1. The summed E-state index contributed by atoms with van der Waals surface area (Å²) in [6, 6.07) is 8.35. The summed E-state index contributed by atoms with van der Waals surface area (Å²) in [5.41, 5.74) is 1.35. The van der Waals surface area contributed by atoms with Gasteiger partial charge in [-0.1, -0.05) is 31.9 Å². The lowest BCUT2D eigenvalue weighted by molar-refractivity contribution is 0.316. The van der Waals surface area contributed by atoms with Gasteiger partial charge < -0.3 is 15.0 Å². The number of methoxy groups -OCH3 is 1. The van der Waals surface area contributed by atoms with E-state index in [1.54, 1.807) is 7.11 Å². The molecule has 3 heteroatoms. The summed E-state index contributed by atoms with van der Waals surface area (Å²) in [7, 11) is 3.90. The molecule has 0 saturated carbocycles. The zero-order valence-corrected chi connectivity index (χ0v) is 13.3. The predicted molar refractivity (Wildman–Crippen MR) is 86.3 cm³/mol. The molecule has 0 amide bonds. The smallest absolute Gasteiger partial charge is 0.118 e. The van der Waals surface area contributed by atoms with Crippen molar-refractivity contribution in [2.75, 3.05) is 33.8 Å². The fourth-order valence-electron chi connectivity index (χ4n) is 2.28. The van der Waals surface area contributed by atoms with E-state index >= 15 is 0 Å². The van der Waals surface area contributed by atoms with Gasteiger partial charge in [-0.25, -0.2) is 0 Å². The maximum atomic E-state index is 5.18. The van der Waals surface area contributed by atoms with Gasteiger partial charge in [0, 0.05) is 6.54 Å². The molecule has 1 aromatic rings. The standard InChI is InChI=1S/C17H30N2O/c1-4-18-13-7-5-6-8-14-19(2)15-16-9-11-17(20-3)12-10-16/h9-12,18H,4-8,13-15H2,1-3H3. The number of benzene rings is 1. The van der Waals surface area contributed by atoms with Gasteiger partial charge in [0.15, 0.2) is 0 Å². The van der Waals surface area contributed by atoms with Crippen molar-refractivity contribution in [3.63, 3.8) is 0 Å². The Labute approximate surface area is 124 Å². The number of rotatable bonds is 11. The zero-order valence-electron chi connectivity index (χ0n) is 13.3. The van der Waals surface area contributed by atoms with Crippen LogP contribution < -0.4 is 10.1 Å². The van der Waals surface area contributed by atoms with Crippen LogP contribution in [0.4, 0.5) is 0 Å². The van der Waals surface area contributed by atoms with Gasteiger partial charge in [-0.2, -0.15) is 0 Å². The predicted octanol–water partition coefficient (Wildman–Crippen LogP) is 3.30. The van der Waals surface area contributed by atoms with E-state index in [4.69, 9.17) is 4.74 Å². The summed E-state index contributed by atoms with van der Waals surface area (Å²) in [6.07, 6.45) is 5.26. The minimum Gasteiger partial charge on any atom is -0.497 e. The third-order valence-corrected chi connectivity index (χ3v) is 3.50. The minimum absolute atomic E-state index is 0.928. The van der Waals surface area contributed by atoms with E-state index in [-0.39, 0.29) is 0 Å². The first-order chi connectivity index (χ1) is 9.76. The van der Waals surface area contributed by atoms with Crippen LogP contribution in [-0.4, -0.2) is 38.7 Å². The van der Waals surface area contributed by atoms with E-state index in [0.717, 1.165) is 25.4 Å². The molecule has 0 fully saturated rings. The molecular weight excluding hydrogens is 248 g/mol. The van der Waals surface area contributed by atoms with Crippen molar-refractivity contribution in [2.45, 2.75) is 39.2 Å². The van der Waals surface area contributed by atoms with Crippen LogP contribution in [0.15, 0.2) is 24.3 Å². The first-order valence-electron chi connectivity index (χ1n) is 7.78. The average molecular weight is 278 g/mol. The molecule has 0 heterocycles. The van der Waals surface area contributed by atoms with Gasteiger partial charge in [-0.15, -0.1) is 0 Å². The van der Waals surface area contributed by atoms with Crippen LogP contribution in [0, 0.1) is 0 Å². The third-order valence-electron chi connectivity index (χ3n) is 3.50. The number of ether oxygens (including phenoxy) is 1. The van der Waals surface area contributed by atoms with E-state index in [0.29, 0.717) is 0 Å². The second-order valence-corrected chi connectivity index (χ2v) is 5.35. The van der Waals surface area contributed by atoms with Gasteiger partial charge in [-0.05, 0) is 57.2 Å². The molecule has 3 nitrogen and oxygen atoms in total. The highest BCUT2D eigenvalue weighted by molar-refractivity contribution is 5.26. The molecule has 1 rings (SSSR count). The van der Waals surface area contributed by atoms with E-state index < -0.39 is 0 Å². The molecule has 0 radical (unpaired) electrons. The molecule has 0 unspecified atom stereocenters. The maximum absolute atomic E-state index is 5.18. The van der Waals surface area contributed by atoms with Crippen LogP contribution in [0.25, 0.3) is 0 Å². The van der Waals surface area contributed by atoms with Crippen LogP contribution in [0.1, 0.15) is 38.2 Å². The van der Waals surface area contributed by atoms with Crippen LogP contribution >= 0.6 is 0 Å². The Morgan fingerprint density at radius 2 is 1.75 bits per heavy atom. The lowest BCUT2D eigenvalue weighted by Gasteiger charge is -2.16. The molecule has 114 valence electrons. The van der Waals surface area contributed by atoms with Crippen LogP contribution in [0.5, 0.6) is 5.75 Å². The minimum atomic E-state index is 0.928. The van der Waals surface area contributed by atoms with Crippen LogP contribution in [0.2, 0.25) is 0 Å². The maximum Gasteiger partial charge on any atom is 0.118 e. The summed E-state index contributed by atoms with van der Waals surface area (Å²) in [5.74, 6) is 0.928. The lowest BCUT2D eigenvalue weighted by atomic mass is 10.1. The average Bonchev–Trinajstić information content (AvgIpc) is 2.47. The molecular formula is C17H30N2O. The van der Waals surface area contributed by atoms with Gasteiger partial charge in [0.2, 0.25) is 0 Å². The second kappa shape index (κ2) is 10.7. The monoisotopic (exact) mass is 278 g/mol. The Bertz CT molecular complexity index is 337. The molecule has 0 spiro atoms. The molecule has 0 atom stereocenters. The lowest BCUT2D eigenvalue weighted by Crippen LogP contribution is -2.19. The number of hydrogen-bond acceptors (Lipinski definition) is 3. The second-order valence-electron chi connectivity index (χ2n) is 5.35. The zero-order chi connectivity index (χ0) is 14.6. The first-order valence-corrected chi connectivity index (χ1v) is 7.78. The largest absolute Gasteiger partial charge is 0.497 e. The van der Waals surface area contributed by atoms with Crippen LogP contribution in [0.3, 0.4) is 0 Å². The van der Waals surface area contributed by atoms with Crippen molar-refractivity contribution >= 4 is 0 Å². The SMILES string of the molecule is CCNCCCCCCN(C)Cc1ccc(OC)cc1. The fourth-order valence-corrected chi connectivity index (χ4v) is 2.28. The Balaban J connectivity index is 2.08.